The third-order valence-corrected chi connectivity index (χ3v) is 4.71. The lowest BCUT2D eigenvalue weighted by Gasteiger charge is -2.32. The minimum Gasteiger partial charge on any atom is -0.338 e. The number of carbonyl (C=O) groups excluding carboxylic acids is 1. The number of halogens is 1. The van der Waals surface area contributed by atoms with Crippen LogP contribution in [-0.4, -0.2) is 54.1 Å². The van der Waals surface area contributed by atoms with E-state index in [2.05, 4.69) is 37.4 Å². The summed E-state index contributed by atoms with van der Waals surface area (Å²) in [6, 6.07) is 4.11. The molecule has 1 aliphatic rings. The number of piperazine rings is 1. The third kappa shape index (κ3) is 4.51. The van der Waals surface area contributed by atoms with Gasteiger partial charge in [0.15, 0.2) is 0 Å². The number of anilines is 3. The maximum absolute atomic E-state index is 13.6. The molecule has 0 spiro atoms. The van der Waals surface area contributed by atoms with Gasteiger partial charge in [-0.1, -0.05) is 6.07 Å². The van der Waals surface area contributed by atoms with E-state index in [-0.39, 0.29) is 5.82 Å². The molecule has 0 radical (unpaired) electrons. The van der Waals surface area contributed by atoms with Gasteiger partial charge in [-0.3, -0.25) is 0 Å². The second-order valence-corrected chi connectivity index (χ2v) is 6.90. The van der Waals surface area contributed by atoms with E-state index in [0.717, 1.165) is 26.2 Å². The molecule has 8 heteroatoms. The van der Waals surface area contributed by atoms with Crippen molar-refractivity contribution < 1.29 is 9.18 Å². The molecule has 27 heavy (non-hydrogen) atoms. The average Bonchev–Trinajstić information content (AvgIpc) is 2.62. The predicted octanol–water partition coefficient (Wildman–Crippen LogP) is 2.94. The van der Waals surface area contributed by atoms with E-state index >= 15 is 0 Å². The molecular formula is C19H25FN6O. The van der Waals surface area contributed by atoms with Crippen LogP contribution in [0.3, 0.4) is 0 Å². The van der Waals surface area contributed by atoms with Crippen LogP contribution in [0.15, 0.2) is 18.2 Å². The summed E-state index contributed by atoms with van der Waals surface area (Å²) in [7, 11) is 2.10. The van der Waals surface area contributed by atoms with Crippen LogP contribution in [0.25, 0.3) is 0 Å². The second kappa shape index (κ2) is 7.87. The van der Waals surface area contributed by atoms with Crippen molar-refractivity contribution in [2.45, 2.75) is 20.8 Å². The minimum absolute atomic E-state index is 0.361. The van der Waals surface area contributed by atoms with Gasteiger partial charge in [-0.05, 0) is 45.5 Å². The first-order valence-electron chi connectivity index (χ1n) is 8.96. The Bertz CT molecular complexity index is 825. The van der Waals surface area contributed by atoms with Gasteiger partial charge >= 0.3 is 6.03 Å². The molecule has 0 atom stereocenters. The van der Waals surface area contributed by atoms with Crippen molar-refractivity contribution in [2.75, 3.05) is 48.8 Å². The Morgan fingerprint density at radius 1 is 1.04 bits per heavy atom. The van der Waals surface area contributed by atoms with Crippen LogP contribution in [0, 0.1) is 26.6 Å². The van der Waals surface area contributed by atoms with Gasteiger partial charge in [-0.25, -0.2) is 19.2 Å². The molecule has 2 aromatic rings. The van der Waals surface area contributed by atoms with Crippen LogP contribution in [0.4, 0.5) is 26.5 Å². The summed E-state index contributed by atoms with van der Waals surface area (Å²) in [6.45, 7) is 9.05. The van der Waals surface area contributed by atoms with E-state index in [1.165, 1.54) is 6.07 Å². The summed E-state index contributed by atoms with van der Waals surface area (Å²) >= 11 is 0. The number of likely N-dealkylation sites (N-methyl/N-ethyl adjacent to an activating group) is 1. The Labute approximate surface area is 158 Å². The van der Waals surface area contributed by atoms with Crippen LogP contribution in [0.1, 0.15) is 17.0 Å². The molecule has 0 saturated carbocycles. The SMILES string of the molecule is Cc1ccc(NC(=O)Nc2c(C)nc(N3CCN(C)CC3)nc2C)cc1F. The number of rotatable bonds is 3. The van der Waals surface area contributed by atoms with Crippen LogP contribution in [0.2, 0.25) is 0 Å². The number of urea groups is 1. The predicted molar refractivity (Wildman–Crippen MR) is 105 cm³/mol. The van der Waals surface area contributed by atoms with Gasteiger partial charge in [0.25, 0.3) is 0 Å². The van der Waals surface area contributed by atoms with Crippen molar-refractivity contribution in [3.05, 3.63) is 41.0 Å². The molecule has 0 aliphatic carbocycles. The lowest BCUT2D eigenvalue weighted by molar-refractivity contribution is 0.262. The van der Waals surface area contributed by atoms with E-state index in [9.17, 15) is 9.18 Å². The third-order valence-electron chi connectivity index (χ3n) is 4.71. The fourth-order valence-electron chi connectivity index (χ4n) is 2.97. The number of amides is 2. The van der Waals surface area contributed by atoms with Gasteiger partial charge in [0, 0.05) is 31.9 Å². The largest absolute Gasteiger partial charge is 0.338 e. The van der Waals surface area contributed by atoms with Crippen LogP contribution in [0.5, 0.6) is 0 Å². The van der Waals surface area contributed by atoms with E-state index in [1.54, 1.807) is 19.1 Å². The molecule has 2 amide bonds. The van der Waals surface area contributed by atoms with E-state index in [1.807, 2.05) is 13.8 Å². The first-order valence-corrected chi connectivity index (χ1v) is 8.96. The van der Waals surface area contributed by atoms with Gasteiger partial charge in [-0.2, -0.15) is 0 Å². The monoisotopic (exact) mass is 372 g/mol. The first-order chi connectivity index (χ1) is 12.8. The summed E-state index contributed by atoms with van der Waals surface area (Å²) in [4.78, 5) is 25.8. The molecule has 1 aromatic heterocycles. The van der Waals surface area contributed by atoms with Gasteiger partial charge in [-0.15, -0.1) is 0 Å². The van der Waals surface area contributed by atoms with Gasteiger partial charge < -0.3 is 20.4 Å². The molecule has 7 nitrogen and oxygen atoms in total. The van der Waals surface area contributed by atoms with Gasteiger partial charge in [0.2, 0.25) is 5.95 Å². The molecule has 3 rings (SSSR count). The number of benzene rings is 1. The number of hydrogen-bond donors (Lipinski definition) is 2. The number of nitrogens with one attached hydrogen (secondary N) is 2. The topological polar surface area (TPSA) is 73.4 Å². The highest BCUT2D eigenvalue weighted by Crippen LogP contribution is 2.22. The first kappa shape index (κ1) is 19.0. The van der Waals surface area contributed by atoms with Crippen LogP contribution in [-0.2, 0) is 0 Å². The number of aryl methyl sites for hydroxylation is 3. The van der Waals surface area contributed by atoms with Crippen molar-refractivity contribution in [1.29, 1.82) is 0 Å². The van der Waals surface area contributed by atoms with Crippen molar-refractivity contribution in [3.8, 4) is 0 Å². The summed E-state index contributed by atoms with van der Waals surface area (Å²) in [5.41, 5.74) is 2.88. The molecule has 0 unspecified atom stereocenters. The summed E-state index contributed by atoms with van der Waals surface area (Å²) in [5, 5.41) is 5.41. The molecule has 2 N–H and O–H groups in total. The van der Waals surface area contributed by atoms with Crippen molar-refractivity contribution >= 4 is 23.4 Å². The zero-order valence-electron chi connectivity index (χ0n) is 16.1. The molecular weight excluding hydrogens is 347 g/mol. The number of carbonyl (C=O) groups is 1. The van der Waals surface area contributed by atoms with Crippen molar-refractivity contribution in [2.24, 2.45) is 0 Å². The van der Waals surface area contributed by atoms with E-state index in [0.29, 0.717) is 34.3 Å². The fraction of sp³-hybridized carbons (Fsp3) is 0.421. The van der Waals surface area contributed by atoms with Gasteiger partial charge in [0.1, 0.15) is 5.82 Å². The smallest absolute Gasteiger partial charge is 0.323 e. The number of aromatic nitrogens is 2. The summed E-state index contributed by atoms with van der Waals surface area (Å²) < 4.78 is 13.6. The lowest BCUT2D eigenvalue weighted by Crippen LogP contribution is -2.45. The Morgan fingerprint density at radius 2 is 1.67 bits per heavy atom. The van der Waals surface area contributed by atoms with Crippen LogP contribution < -0.4 is 15.5 Å². The highest BCUT2D eigenvalue weighted by atomic mass is 19.1. The Hall–Kier alpha value is -2.74. The molecule has 0 bridgehead atoms. The van der Waals surface area contributed by atoms with Crippen molar-refractivity contribution in [1.82, 2.24) is 14.9 Å². The standard InChI is InChI=1S/C19H25FN6O/c1-12-5-6-15(11-16(12)20)23-19(27)24-17-13(2)21-18(22-14(17)3)26-9-7-25(4)8-10-26/h5-6,11H,7-10H2,1-4H3,(H2,23,24,27). The Balaban J connectivity index is 1.71. The Morgan fingerprint density at radius 3 is 2.26 bits per heavy atom. The molecule has 1 aliphatic heterocycles. The molecule has 1 saturated heterocycles. The maximum atomic E-state index is 13.6. The van der Waals surface area contributed by atoms with E-state index < -0.39 is 6.03 Å². The Kier molecular flexibility index (Phi) is 5.55. The zero-order chi connectivity index (χ0) is 19.6. The second-order valence-electron chi connectivity index (χ2n) is 6.90. The average molecular weight is 372 g/mol. The number of nitrogens with zero attached hydrogens (tertiary/aromatic N) is 4. The van der Waals surface area contributed by atoms with Gasteiger partial charge in [0.05, 0.1) is 17.1 Å². The maximum Gasteiger partial charge on any atom is 0.323 e. The van der Waals surface area contributed by atoms with Crippen LogP contribution >= 0.6 is 0 Å². The highest BCUT2D eigenvalue weighted by Gasteiger charge is 2.19. The molecule has 1 fully saturated rings. The molecule has 2 heterocycles. The fourth-order valence-corrected chi connectivity index (χ4v) is 2.97. The normalized spacial score (nSPS) is 14.9. The lowest BCUT2D eigenvalue weighted by atomic mass is 10.2. The molecule has 1 aromatic carbocycles. The quantitative estimate of drug-likeness (QED) is 0.867. The van der Waals surface area contributed by atoms with Crippen molar-refractivity contribution in [3.63, 3.8) is 0 Å². The minimum atomic E-state index is -0.458. The van der Waals surface area contributed by atoms with E-state index in [4.69, 9.17) is 0 Å². The molecule has 144 valence electrons. The number of hydrogen-bond acceptors (Lipinski definition) is 5. The summed E-state index contributed by atoms with van der Waals surface area (Å²) in [6.07, 6.45) is 0. The summed E-state index contributed by atoms with van der Waals surface area (Å²) in [5.74, 6) is 0.324. The highest BCUT2D eigenvalue weighted by molar-refractivity contribution is 6.00. The zero-order valence-corrected chi connectivity index (χ0v) is 16.1.